The molecule has 2 aliphatic rings. The number of hydrogen-bond acceptors (Lipinski definition) is 11. The van der Waals surface area contributed by atoms with E-state index in [0.717, 1.165) is 11.3 Å². The summed E-state index contributed by atoms with van der Waals surface area (Å²) in [4.78, 5) is 79.7. The first-order valence-electron chi connectivity index (χ1n) is 18.3. The van der Waals surface area contributed by atoms with Crippen molar-refractivity contribution in [2.75, 3.05) is 13.9 Å². The van der Waals surface area contributed by atoms with Gasteiger partial charge in [-0.1, -0.05) is 44.8 Å². The number of methoxy groups -OCH3 is 1. The standard InChI is InChI=1S/C36H63O12Si4/c1-14-34(6,32(43)47-24(2)3)17-36(8,30(40)41)18-35(7,16-26(37)44-9)27-25(28(38)48-29(27)39)15-33(4,5)31(42)45-19-46-52(13)22-50(11)20-49(10)21-51(12)23-52/h24-25,27H,14-23H2,1-13H3,(H,40,41). The molecule has 5 atom stereocenters. The molecule has 5 unspecified atom stereocenters. The number of carbonyl (C=O) groups excluding carboxylic acids is 5. The van der Waals surface area contributed by atoms with Gasteiger partial charge in [-0.05, 0) is 90.5 Å². The Morgan fingerprint density at radius 2 is 1.46 bits per heavy atom. The maximum atomic E-state index is 13.6. The third kappa shape index (κ3) is 11.9. The summed E-state index contributed by atoms with van der Waals surface area (Å²) in [6.07, 6.45) is -1.19. The molecule has 0 saturated carbocycles. The number of carbonyl (C=O) groups is 6. The lowest BCUT2D eigenvalue weighted by atomic mass is 9.58. The summed E-state index contributed by atoms with van der Waals surface area (Å²) in [5.41, 5.74) is -0.700. The molecule has 1 N–H and O–H groups in total. The first-order valence-corrected chi connectivity index (χ1v) is 28.3. The maximum Gasteiger partial charge on any atom is 0.318 e. The molecule has 52 heavy (non-hydrogen) atoms. The largest absolute Gasteiger partial charge is 0.481 e. The van der Waals surface area contributed by atoms with Gasteiger partial charge in [0.15, 0.2) is 15.1 Å². The first kappa shape index (κ1) is 46.0. The highest BCUT2D eigenvalue weighted by Crippen LogP contribution is 2.54. The molecule has 2 aliphatic heterocycles. The van der Waals surface area contributed by atoms with Crippen molar-refractivity contribution in [3.8, 4) is 0 Å². The lowest BCUT2D eigenvalue weighted by Gasteiger charge is -2.43. The SMILES string of the molecule is CCC(C)(CC(C)(CC(C)(CC(=O)OC)C1C(=O)OC(=O)C1CC(C)(C)C(=O)OCO[Si]1(C)C[Si](C)C[Si](C)C[Si](C)C1)C(=O)O)C(=O)OC(C)C. The number of ether oxygens (including phenoxy) is 4. The monoisotopic (exact) mass is 799 g/mol. The summed E-state index contributed by atoms with van der Waals surface area (Å²) in [5, 5.41) is 10.6. The zero-order chi connectivity index (χ0) is 40.0. The van der Waals surface area contributed by atoms with Crippen molar-refractivity contribution >= 4 is 70.5 Å². The summed E-state index contributed by atoms with van der Waals surface area (Å²) in [6, 6.07) is 0. The molecule has 0 aromatic rings. The Labute approximate surface area is 316 Å². The zero-order valence-electron chi connectivity index (χ0n) is 33.7. The van der Waals surface area contributed by atoms with Crippen LogP contribution in [0.2, 0.25) is 48.9 Å². The number of carboxylic acids is 1. The molecular weight excluding hydrogens is 737 g/mol. The van der Waals surface area contributed by atoms with Gasteiger partial charge < -0.3 is 28.5 Å². The molecule has 295 valence electrons. The van der Waals surface area contributed by atoms with Crippen LogP contribution in [0.15, 0.2) is 0 Å². The van der Waals surface area contributed by atoms with Crippen LogP contribution in [0.1, 0.15) is 87.5 Å². The summed E-state index contributed by atoms with van der Waals surface area (Å²) < 4.78 is 27.8. The molecule has 2 fully saturated rings. The van der Waals surface area contributed by atoms with Gasteiger partial charge in [-0.2, -0.15) is 0 Å². The van der Waals surface area contributed by atoms with E-state index in [4.69, 9.17) is 23.4 Å². The molecule has 0 amide bonds. The fourth-order valence-corrected chi connectivity index (χ4v) is 34.7. The molecule has 16 heteroatoms. The zero-order valence-corrected chi connectivity index (χ0v) is 37.7. The maximum absolute atomic E-state index is 13.6. The van der Waals surface area contributed by atoms with E-state index < -0.39 is 108 Å². The van der Waals surface area contributed by atoms with Crippen LogP contribution in [0, 0.1) is 33.5 Å². The van der Waals surface area contributed by atoms with Crippen molar-refractivity contribution in [3.63, 3.8) is 0 Å². The summed E-state index contributed by atoms with van der Waals surface area (Å²) in [7, 11) is -2.24. The van der Waals surface area contributed by atoms with Gasteiger partial charge in [0.1, 0.15) is 0 Å². The van der Waals surface area contributed by atoms with Gasteiger partial charge in [0.25, 0.3) is 0 Å². The lowest BCUT2D eigenvalue weighted by Crippen LogP contribution is -2.47. The minimum absolute atomic E-state index is 0.158. The fraction of sp³-hybridized carbons (Fsp3) is 0.833. The van der Waals surface area contributed by atoms with Gasteiger partial charge in [-0.3, -0.25) is 28.8 Å². The van der Waals surface area contributed by atoms with Gasteiger partial charge in [0.2, 0.25) is 0 Å². The second-order valence-corrected chi connectivity index (χ2v) is 32.2. The van der Waals surface area contributed by atoms with Gasteiger partial charge in [0.05, 0.1) is 47.7 Å². The molecular formula is C36H63O12Si4. The summed E-state index contributed by atoms with van der Waals surface area (Å²) >= 11 is 0. The van der Waals surface area contributed by atoms with Crippen LogP contribution in [0.5, 0.6) is 0 Å². The molecule has 12 nitrogen and oxygen atoms in total. The number of aliphatic carboxylic acids is 1. The minimum atomic E-state index is -2.09. The van der Waals surface area contributed by atoms with Crippen molar-refractivity contribution in [1.29, 1.82) is 0 Å². The van der Waals surface area contributed by atoms with Gasteiger partial charge >= 0.3 is 35.8 Å². The minimum Gasteiger partial charge on any atom is -0.481 e. The Morgan fingerprint density at radius 1 is 0.904 bits per heavy atom. The van der Waals surface area contributed by atoms with E-state index in [1.54, 1.807) is 48.5 Å². The van der Waals surface area contributed by atoms with Crippen LogP contribution in [0.4, 0.5) is 0 Å². The van der Waals surface area contributed by atoms with E-state index in [9.17, 15) is 33.9 Å². The fourth-order valence-electron chi connectivity index (χ4n) is 8.57. The highest BCUT2D eigenvalue weighted by Gasteiger charge is 2.59. The number of rotatable bonds is 17. The van der Waals surface area contributed by atoms with Crippen LogP contribution in [0.25, 0.3) is 0 Å². The lowest BCUT2D eigenvalue weighted by molar-refractivity contribution is -0.168. The Morgan fingerprint density at radius 3 is 1.94 bits per heavy atom. The third-order valence-electron chi connectivity index (χ3n) is 10.8. The quantitative estimate of drug-likeness (QED) is 0.0586. The average Bonchev–Trinajstić information content (AvgIpc) is 3.26. The smallest absolute Gasteiger partial charge is 0.318 e. The molecule has 0 aromatic carbocycles. The molecule has 0 bridgehead atoms. The predicted molar refractivity (Wildman–Crippen MR) is 204 cm³/mol. The number of hydrogen-bond donors (Lipinski definition) is 1. The Kier molecular flexibility index (Phi) is 15.9. The average molecular weight is 800 g/mol. The van der Waals surface area contributed by atoms with Crippen molar-refractivity contribution < 1.29 is 57.2 Å². The van der Waals surface area contributed by atoms with E-state index in [-0.39, 0.29) is 41.3 Å². The molecule has 2 heterocycles. The van der Waals surface area contributed by atoms with Gasteiger partial charge in [-0.15, -0.1) is 0 Å². The second-order valence-electron chi connectivity index (χ2n) is 17.6. The van der Waals surface area contributed by atoms with Crippen molar-refractivity contribution in [1.82, 2.24) is 0 Å². The van der Waals surface area contributed by atoms with Crippen molar-refractivity contribution in [2.24, 2.45) is 33.5 Å². The van der Waals surface area contributed by atoms with Gasteiger partial charge in [0, 0.05) is 26.4 Å². The molecule has 0 aromatic heterocycles. The molecule has 2 saturated heterocycles. The van der Waals surface area contributed by atoms with Crippen LogP contribution < -0.4 is 0 Å². The van der Waals surface area contributed by atoms with E-state index >= 15 is 0 Å². The normalized spacial score (nSPS) is 24.1. The second kappa shape index (κ2) is 18.0. The van der Waals surface area contributed by atoms with Crippen molar-refractivity contribution in [3.05, 3.63) is 0 Å². The van der Waals surface area contributed by atoms with Crippen LogP contribution in [-0.4, -0.2) is 95.6 Å². The Hall–Kier alpha value is -2.15. The third-order valence-corrected chi connectivity index (χ3v) is 32.1. The predicted octanol–water partition coefficient (Wildman–Crippen LogP) is 6.16. The van der Waals surface area contributed by atoms with E-state index in [0.29, 0.717) is 0 Å². The van der Waals surface area contributed by atoms with Gasteiger partial charge in [-0.25, -0.2) is 0 Å². The number of cyclic esters (lactones) is 2. The highest BCUT2D eigenvalue weighted by atomic mass is 28.4. The Bertz CT molecular complexity index is 1330. The van der Waals surface area contributed by atoms with Crippen LogP contribution in [-0.2, 0) is 52.1 Å². The van der Waals surface area contributed by atoms with Crippen molar-refractivity contribution in [2.45, 2.75) is 142 Å². The molecule has 0 aliphatic carbocycles. The summed E-state index contributed by atoms with van der Waals surface area (Å²) in [5.74, 6) is -7.37. The van der Waals surface area contributed by atoms with E-state index in [2.05, 4.69) is 26.2 Å². The molecule has 0 spiro atoms. The topological polar surface area (TPSA) is 169 Å². The van der Waals surface area contributed by atoms with Crippen LogP contribution in [0.3, 0.4) is 0 Å². The highest BCUT2D eigenvalue weighted by molar-refractivity contribution is 6.98. The number of esters is 5. The Balaban J connectivity index is 2.39. The first-order chi connectivity index (χ1) is 23.7. The van der Waals surface area contributed by atoms with E-state index in [1.807, 2.05) is 0 Å². The number of carboxylic acid groups (broad SMARTS) is 1. The van der Waals surface area contributed by atoms with E-state index in [1.165, 1.54) is 25.4 Å². The van der Waals surface area contributed by atoms with Crippen LogP contribution >= 0.6 is 0 Å². The molecule has 2 rings (SSSR count). The summed E-state index contributed by atoms with van der Waals surface area (Å²) in [6.45, 7) is 22.3. The molecule has 3 radical (unpaired) electrons.